The second kappa shape index (κ2) is 25.5. The Balaban J connectivity index is 0.000000219. The zero-order chi connectivity index (χ0) is 54.6. The summed E-state index contributed by atoms with van der Waals surface area (Å²) in [6.07, 6.45) is 0. The van der Waals surface area contributed by atoms with Crippen LogP contribution in [0.25, 0.3) is 0 Å². The molecule has 0 spiro atoms. The van der Waals surface area contributed by atoms with E-state index >= 15 is 0 Å². The van der Waals surface area contributed by atoms with Crippen LogP contribution in [-0.2, 0) is 9.59 Å². The highest BCUT2D eigenvalue weighted by Crippen LogP contribution is 2.27. The van der Waals surface area contributed by atoms with Crippen LogP contribution < -0.4 is 25.8 Å². The van der Waals surface area contributed by atoms with Crippen LogP contribution in [0.3, 0.4) is 0 Å². The molecule has 4 aliphatic heterocycles. The molecule has 0 atom stereocenters. The van der Waals surface area contributed by atoms with Gasteiger partial charge < -0.3 is 50.2 Å². The third kappa shape index (κ3) is 16.0. The summed E-state index contributed by atoms with van der Waals surface area (Å²) in [6, 6.07) is 19.7. The van der Waals surface area contributed by atoms with E-state index in [1.807, 2.05) is 35.5 Å². The second-order valence-electron chi connectivity index (χ2n) is 20.6. The Kier molecular flexibility index (Phi) is 19.5. The highest BCUT2D eigenvalue weighted by atomic mass is 35.5. The van der Waals surface area contributed by atoms with E-state index < -0.39 is 22.9 Å². The molecule has 7 amide bonds. The molecular weight excluding hydrogens is 996 g/mol. The van der Waals surface area contributed by atoms with Crippen molar-refractivity contribution in [3.63, 3.8) is 0 Å². The lowest BCUT2D eigenvalue weighted by Gasteiger charge is -2.38. The van der Waals surface area contributed by atoms with E-state index in [1.54, 1.807) is 76.8 Å². The summed E-state index contributed by atoms with van der Waals surface area (Å²) in [6.45, 7) is 18.9. The van der Waals surface area contributed by atoms with Crippen molar-refractivity contribution < 1.29 is 46.3 Å². The topological polar surface area (TPSA) is 161 Å². The van der Waals surface area contributed by atoms with Crippen LogP contribution in [0.15, 0.2) is 84.9 Å². The van der Waals surface area contributed by atoms with Crippen LogP contribution in [0, 0.1) is 34.1 Å². The molecule has 0 aliphatic carbocycles. The fraction of sp³-hybridized carbons (Fsp3) is 0.444. The number of carbonyl (C=O) groups excluding carboxylic acids is 6. The van der Waals surface area contributed by atoms with Gasteiger partial charge in [0.1, 0.15) is 23.3 Å². The highest BCUT2D eigenvalue weighted by molar-refractivity contribution is 6.64. The Morgan fingerprint density at radius 1 is 0.467 bits per heavy atom. The molecule has 4 aromatic carbocycles. The standard InChI is InChI=1S/C27H33F2N5O3.C22H25F2N5O2.C5H9ClO/c1-27(2,3)25(36)33-13-9-31(10-14-33)23-8-7-21(18-22(23)29)30-26(37)34-15-11-32(12-16-34)24(35)19-5-4-6-20(28)17-19;23-17-3-1-2-16(14-17)21(30)28-10-12-29(13-11-28)22(31)26-18-4-5-20(19(24)15-18)27-8-6-25-7-9-27;1-5(2,3)4(6)7/h4-8,17-18H,9-16H2,1-3H3,(H,30,37);1-5,14-15,25H,6-13H2,(H,26,31);1-3H3. The van der Waals surface area contributed by atoms with Crippen LogP contribution in [0.5, 0.6) is 0 Å². The molecule has 4 aromatic rings. The van der Waals surface area contributed by atoms with Crippen LogP contribution in [0.4, 0.5) is 49.9 Å². The number of hydrogen-bond acceptors (Lipinski definition) is 9. The van der Waals surface area contributed by atoms with E-state index in [4.69, 9.17) is 11.6 Å². The van der Waals surface area contributed by atoms with E-state index in [1.165, 1.54) is 48.5 Å². The second-order valence-corrected chi connectivity index (χ2v) is 20.9. The number of hydrogen-bond donors (Lipinski definition) is 3. The van der Waals surface area contributed by atoms with Gasteiger partial charge in [0.05, 0.1) is 11.4 Å². The molecule has 16 nitrogen and oxygen atoms in total. The van der Waals surface area contributed by atoms with E-state index in [9.17, 15) is 46.3 Å². The zero-order valence-corrected chi connectivity index (χ0v) is 44.1. The maximum Gasteiger partial charge on any atom is 0.321 e. The summed E-state index contributed by atoms with van der Waals surface area (Å²) in [5, 5.41) is 8.40. The molecule has 0 aromatic heterocycles. The molecule has 0 radical (unpaired) electrons. The Morgan fingerprint density at radius 2 is 0.827 bits per heavy atom. The molecule has 8 rings (SSSR count). The number of urea groups is 2. The molecule has 0 saturated carbocycles. The summed E-state index contributed by atoms with van der Waals surface area (Å²) in [5.74, 6) is -2.20. The van der Waals surface area contributed by atoms with Gasteiger partial charge in [0.25, 0.3) is 11.8 Å². The number of benzene rings is 4. The molecule has 404 valence electrons. The fourth-order valence-electron chi connectivity index (χ4n) is 8.45. The monoisotopic (exact) mass is 1060 g/mol. The summed E-state index contributed by atoms with van der Waals surface area (Å²) in [4.78, 5) is 85.2. The van der Waals surface area contributed by atoms with Gasteiger partial charge in [-0.05, 0) is 84.4 Å². The predicted molar refractivity (Wildman–Crippen MR) is 282 cm³/mol. The lowest BCUT2D eigenvalue weighted by Crippen LogP contribution is -2.52. The minimum atomic E-state index is -0.472. The summed E-state index contributed by atoms with van der Waals surface area (Å²) in [7, 11) is 0. The lowest BCUT2D eigenvalue weighted by molar-refractivity contribution is -0.139. The fourth-order valence-corrected chi connectivity index (χ4v) is 8.45. The van der Waals surface area contributed by atoms with Crippen molar-refractivity contribution in [3.8, 4) is 0 Å². The van der Waals surface area contributed by atoms with Crippen molar-refractivity contribution in [1.29, 1.82) is 0 Å². The van der Waals surface area contributed by atoms with E-state index in [-0.39, 0.29) is 57.4 Å². The van der Waals surface area contributed by atoms with Crippen molar-refractivity contribution in [1.82, 2.24) is 29.8 Å². The molecule has 4 fully saturated rings. The Hall–Kier alpha value is -6.93. The lowest BCUT2D eigenvalue weighted by atomic mass is 9.94. The molecule has 21 heteroatoms. The summed E-state index contributed by atoms with van der Waals surface area (Å²) < 4.78 is 56.3. The normalized spacial score (nSPS) is 16.2. The number of amides is 7. The summed E-state index contributed by atoms with van der Waals surface area (Å²) >= 11 is 5.11. The molecule has 4 saturated heterocycles. The van der Waals surface area contributed by atoms with Gasteiger partial charge in [0, 0.05) is 138 Å². The SMILES string of the molecule is CC(C)(C)C(=O)Cl.CC(C)(C)C(=O)N1CCN(c2ccc(NC(=O)N3CCN(C(=O)c4cccc(F)c4)CC3)cc2F)CC1.O=C(Nc1ccc(N2CCNCC2)c(F)c1)N1CCN(C(=O)c2cccc(F)c2)CC1. The smallest absolute Gasteiger partial charge is 0.321 e. The molecule has 0 bridgehead atoms. The van der Waals surface area contributed by atoms with Gasteiger partial charge >= 0.3 is 12.1 Å². The van der Waals surface area contributed by atoms with Gasteiger partial charge in [-0.3, -0.25) is 19.2 Å². The van der Waals surface area contributed by atoms with Crippen molar-refractivity contribution in [3.05, 3.63) is 119 Å². The summed E-state index contributed by atoms with van der Waals surface area (Å²) in [5.41, 5.74) is 1.44. The van der Waals surface area contributed by atoms with Gasteiger partial charge in [-0.15, -0.1) is 0 Å². The maximum absolute atomic E-state index is 14.9. The first-order valence-corrected chi connectivity index (χ1v) is 25.4. The van der Waals surface area contributed by atoms with Gasteiger partial charge in [-0.2, -0.15) is 0 Å². The van der Waals surface area contributed by atoms with Crippen molar-refractivity contribution >= 4 is 69.4 Å². The van der Waals surface area contributed by atoms with E-state index in [0.29, 0.717) is 101 Å². The highest BCUT2D eigenvalue weighted by Gasteiger charge is 2.31. The first kappa shape index (κ1) is 57.4. The largest absolute Gasteiger partial charge is 0.367 e. The van der Waals surface area contributed by atoms with Crippen LogP contribution >= 0.6 is 11.6 Å². The van der Waals surface area contributed by atoms with Crippen molar-refractivity contribution in [2.75, 3.05) is 125 Å². The Bertz CT molecular complexity index is 2670. The number of carbonyl (C=O) groups is 6. The number of rotatable bonds is 6. The first-order valence-electron chi connectivity index (χ1n) is 25.0. The minimum Gasteiger partial charge on any atom is -0.367 e. The van der Waals surface area contributed by atoms with Crippen LogP contribution in [-0.4, -0.2) is 164 Å². The number of anilines is 4. The average molecular weight is 1060 g/mol. The Labute approximate surface area is 440 Å². The molecule has 4 aliphatic rings. The van der Waals surface area contributed by atoms with Crippen molar-refractivity contribution in [2.24, 2.45) is 10.8 Å². The third-order valence-corrected chi connectivity index (χ3v) is 13.4. The average Bonchev–Trinajstić information content (AvgIpc) is 3.38. The number of nitrogens with one attached hydrogen (secondary N) is 3. The molecule has 3 N–H and O–H groups in total. The number of piperazine rings is 4. The zero-order valence-electron chi connectivity index (χ0n) is 43.4. The molecule has 4 heterocycles. The van der Waals surface area contributed by atoms with Gasteiger partial charge in [0.2, 0.25) is 11.1 Å². The maximum atomic E-state index is 14.9. The van der Waals surface area contributed by atoms with Crippen LogP contribution in [0.1, 0.15) is 62.3 Å². The third-order valence-electron chi connectivity index (χ3n) is 12.8. The van der Waals surface area contributed by atoms with Crippen molar-refractivity contribution in [2.45, 2.75) is 41.5 Å². The van der Waals surface area contributed by atoms with E-state index in [2.05, 4.69) is 16.0 Å². The molecule has 0 unspecified atom stereocenters. The molecule has 75 heavy (non-hydrogen) atoms. The Morgan fingerprint density at radius 3 is 1.17 bits per heavy atom. The minimum absolute atomic E-state index is 0.0878. The quantitative estimate of drug-likeness (QED) is 0.129. The van der Waals surface area contributed by atoms with Gasteiger partial charge in [-0.25, -0.2) is 27.2 Å². The van der Waals surface area contributed by atoms with Gasteiger partial charge in [-0.1, -0.05) is 53.7 Å². The predicted octanol–water partition coefficient (Wildman–Crippen LogP) is 7.81. The molecular formula is C54H67ClF4N10O6. The van der Waals surface area contributed by atoms with E-state index in [0.717, 1.165) is 26.2 Å². The van der Waals surface area contributed by atoms with Gasteiger partial charge in [0.15, 0.2) is 0 Å². The number of halogens is 5. The number of nitrogens with zero attached hydrogens (tertiary/aromatic N) is 7. The van der Waals surface area contributed by atoms with Crippen LogP contribution in [0.2, 0.25) is 0 Å². The first-order chi connectivity index (χ1) is 35.5.